The minimum atomic E-state index is -0.491. The molecule has 0 unspecified atom stereocenters. The van der Waals surface area contributed by atoms with Gasteiger partial charge in [-0.15, -0.1) is 0 Å². The lowest BCUT2D eigenvalue weighted by Gasteiger charge is -2.24. The van der Waals surface area contributed by atoms with Crippen molar-refractivity contribution >= 4 is 5.95 Å². The lowest BCUT2D eigenvalue weighted by molar-refractivity contribution is 0.112. The number of aliphatic hydroxyl groups excluding tert-OH is 1. The highest BCUT2D eigenvalue weighted by Gasteiger charge is 2.29. The molecule has 8 nitrogen and oxygen atoms in total. The standard InChI is InChI=1S/C15H24N6O2/c1-19(2)15-17-14(23-18-15)10-21-6-4-5-12(21)7-13(22)11-8-16-20(3)9-11/h8-9,12-13,22H,4-7,10H2,1-3H3/t12-,13-/m0/s1. The van der Waals surface area contributed by atoms with Gasteiger partial charge in [-0.3, -0.25) is 9.58 Å². The second-order valence-electron chi connectivity index (χ2n) is 6.35. The highest BCUT2D eigenvalue weighted by molar-refractivity contribution is 5.23. The van der Waals surface area contributed by atoms with E-state index in [-0.39, 0.29) is 0 Å². The Kier molecular flexibility index (Phi) is 4.63. The van der Waals surface area contributed by atoms with Gasteiger partial charge in [0.1, 0.15) is 0 Å². The average molecular weight is 320 g/mol. The molecule has 0 spiro atoms. The first-order valence-electron chi connectivity index (χ1n) is 7.93. The molecule has 3 rings (SSSR count). The molecule has 3 heterocycles. The zero-order valence-corrected chi connectivity index (χ0v) is 13.9. The lowest BCUT2D eigenvalue weighted by Crippen LogP contribution is -2.30. The molecule has 8 heteroatoms. The van der Waals surface area contributed by atoms with Crippen molar-refractivity contribution in [1.82, 2.24) is 24.8 Å². The molecule has 0 aliphatic carbocycles. The van der Waals surface area contributed by atoms with Crippen LogP contribution in [-0.2, 0) is 13.6 Å². The molecule has 1 fully saturated rings. The maximum atomic E-state index is 10.4. The van der Waals surface area contributed by atoms with Gasteiger partial charge < -0.3 is 14.5 Å². The van der Waals surface area contributed by atoms with Crippen LogP contribution in [0.2, 0.25) is 0 Å². The van der Waals surface area contributed by atoms with Crippen molar-refractivity contribution in [3.8, 4) is 0 Å². The maximum absolute atomic E-state index is 10.4. The van der Waals surface area contributed by atoms with Crippen LogP contribution in [0.25, 0.3) is 0 Å². The Morgan fingerprint density at radius 1 is 1.48 bits per heavy atom. The highest BCUT2D eigenvalue weighted by Crippen LogP contribution is 2.28. The van der Waals surface area contributed by atoms with Crippen LogP contribution in [-0.4, -0.2) is 56.6 Å². The molecule has 2 aromatic rings. The first-order valence-corrected chi connectivity index (χ1v) is 7.93. The van der Waals surface area contributed by atoms with Gasteiger partial charge in [0, 0.05) is 38.9 Å². The Labute approximate surface area is 135 Å². The number of aliphatic hydroxyl groups is 1. The molecule has 23 heavy (non-hydrogen) atoms. The van der Waals surface area contributed by atoms with Gasteiger partial charge in [0.15, 0.2) is 0 Å². The third kappa shape index (κ3) is 3.70. The van der Waals surface area contributed by atoms with Crippen LogP contribution in [0.1, 0.15) is 36.8 Å². The van der Waals surface area contributed by atoms with E-state index >= 15 is 0 Å². The number of aryl methyl sites for hydroxylation is 1. The molecule has 0 aromatic carbocycles. The topological polar surface area (TPSA) is 83.5 Å². The molecule has 1 aliphatic rings. The van der Waals surface area contributed by atoms with E-state index in [4.69, 9.17) is 4.52 Å². The van der Waals surface area contributed by atoms with E-state index in [1.165, 1.54) is 0 Å². The Bertz CT molecular complexity index is 637. The first kappa shape index (κ1) is 15.9. The SMILES string of the molecule is CN(C)c1noc(CN2CCC[C@H]2C[C@H](O)c2cnn(C)c2)n1. The number of hydrogen-bond donors (Lipinski definition) is 1. The first-order chi connectivity index (χ1) is 11.0. The van der Waals surface area contributed by atoms with Gasteiger partial charge in [0.25, 0.3) is 5.95 Å². The van der Waals surface area contributed by atoms with Crippen molar-refractivity contribution in [2.75, 3.05) is 25.5 Å². The van der Waals surface area contributed by atoms with Crippen LogP contribution >= 0.6 is 0 Å². The van der Waals surface area contributed by atoms with Gasteiger partial charge in [-0.05, 0) is 31.0 Å². The van der Waals surface area contributed by atoms with Crippen LogP contribution in [0.15, 0.2) is 16.9 Å². The summed E-state index contributed by atoms with van der Waals surface area (Å²) in [4.78, 5) is 8.51. The largest absolute Gasteiger partial charge is 0.388 e. The van der Waals surface area contributed by atoms with Gasteiger partial charge in [-0.25, -0.2) is 0 Å². The molecule has 1 N–H and O–H groups in total. The third-order valence-electron chi connectivity index (χ3n) is 4.30. The molecule has 0 bridgehead atoms. The minimum Gasteiger partial charge on any atom is -0.388 e. The van der Waals surface area contributed by atoms with E-state index in [9.17, 15) is 5.11 Å². The average Bonchev–Trinajstić information content (AvgIpc) is 3.21. The molecule has 2 atom stereocenters. The van der Waals surface area contributed by atoms with Crippen molar-refractivity contribution in [3.63, 3.8) is 0 Å². The summed E-state index contributed by atoms with van der Waals surface area (Å²) in [5.41, 5.74) is 0.868. The molecule has 126 valence electrons. The maximum Gasteiger partial charge on any atom is 0.265 e. The predicted octanol–water partition coefficient (Wildman–Crippen LogP) is 0.957. The fourth-order valence-electron chi connectivity index (χ4n) is 3.04. The molecular weight excluding hydrogens is 296 g/mol. The van der Waals surface area contributed by atoms with E-state index in [0.717, 1.165) is 24.9 Å². The Morgan fingerprint density at radius 3 is 2.96 bits per heavy atom. The van der Waals surface area contributed by atoms with Crippen molar-refractivity contribution in [2.24, 2.45) is 7.05 Å². The number of hydrogen-bond acceptors (Lipinski definition) is 7. The Morgan fingerprint density at radius 2 is 2.30 bits per heavy atom. The molecule has 0 amide bonds. The van der Waals surface area contributed by atoms with Crippen LogP contribution in [0.3, 0.4) is 0 Å². The van der Waals surface area contributed by atoms with Crippen molar-refractivity contribution in [3.05, 3.63) is 23.8 Å². The zero-order valence-electron chi connectivity index (χ0n) is 13.9. The number of anilines is 1. The Hall–Kier alpha value is -1.93. The molecule has 0 saturated carbocycles. The van der Waals surface area contributed by atoms with Crippen molar-refractivity contribution in [1.29, 1.82) is 0 Å². The van der Waals surface area contributed by atoms with Gasteiger partial charge in [0.2, 0.25) is 5.89 Å². The van der Waals surface area contributed by atoms with Gasteiger partial charge in [0.05, 0.1) is 18.8 Å². The van der Waals surface area contributed by atoms with Crippen LogP contribution in [0, 0.1) is 0 Å². The van der Waals surface area contributed by atoms with E-state index in [1.54, 1.807) is 10.9 Å². The van der Waals surface area contributed by atoms with Crippen LogP contribution in [0.4, 0.5) is 5.95 Å². The quantitative estimate of drug-likeness (QED) is 0.848. The summed E-state index contributed by atoms with van der Waals surface area (Å²) in [7, 11) is 5.63. The predicted molar refractivity (Wildman–Crippen MR) is 84.8 cm³/mol. The molecule has 1 saturated heterocycles. The van der Waals surface area contributed by atoms with Crippen LogP contribution in [0.5, 0.6) is 0 Å². The Balaban J connectivity index is 1.60. The molecule has 2 aromatic heterocycles. The number of rotatable bonds is 6. The number of aromatic nitrogens is 4. The lowest BCUT2D eigenvalue weighted by atomic mass is 10.0. The summed E-state index contributed by atoms with van der Waals surface area (Å²) in [5.74, 6) is 1.21. The summed E-state index contributed by atoms with van der Waals surface area (Å²) in [6.45, 7) is 1.62. The fraction of sp³-hybridized carbons (Fsp3) is 0.667. The van der Waals surface area contributed by atoms with E-state index in [1.807, 2.05) is 32.2 Å². The second kappa shape index (κ2) is 6.67. The van der Waals surface area contributed by atoms with E-state index in [0.29, 0.717) is 30.8 Å². The van der Waals surface area contributed by atoms with Gasteiger partial charge in [-0.1, -0.05) is 0 Å². The summed E-state index contributed by atoms with van der Waals surface area (Å²) >= 11 is 0. The fourth-order valence-corrected chi connectivity index (χ4v) is 3.04. The van der Waals surface area contributed by atoms with Gasteiger partial charge >= 0.3 is 0 Å². The molecule has 1 aliphatic heterocycles. The highest BCUT2D eigenvalue weighted by atomic mass is 16.5. The normalized spacial score (nSPS) is 20.1. The summed E-state index contributed by atoms with van der Waals surface area (Å²) < 4.78 is 7.02. The van der Waals surface area contributed by atoms with E-state index in [2.05, 4.69) is 20.1 Å². The van der Waals surface area contributed by atoms with Crippen molar-refractivity contribution < 1.29 is 9.63 Å². The monoisotopic (exact) mass is 320 g/mol. The zero-order chi connectivity index (χ0) is 16.4. The molecule has 0 radical (unpaired) electrons. The van der Waals surface area contributed by atoms with E-state index < -0.39 is 6.10 Å². The summed E-state index contributed by atoms with van der Waals surface area (Å²) in [5, 5.41) is 18.5. The number of nitrogens with zero attached hydrogens (tertiary/aromatic N) is 6. The van der Waals surface area contributed by atoms with Gasteiger partial charge in [-0.2, -0.15) is 10.1 Å². The molecular formula is C15H24N6O2. The summed E-state index contributed by atoms with van der Waals surface area (Å²) in [6, 6.07) is 0.319. The summed E-state index contributed by atoms with van der Waals surface area (Å²) in [6.07, 6.45) is 6.00. The number of likely N-dealkylation sites (tertiary alicyclic amines) is 1. The van der Waals surface area contributed by atoms with Crippen LogP contribution < -0.4 is 4.90 Å². The van der Waals surface area contributed by atoms with Crippen molar-refractivity contribution in [2.45, 2.75) is 38.0 Å². The minimum absolute atomic E-state index is 0.319. The second-order valence-corrected chi connectivity index (χ2v) is 6.35. The third-order valence-corrected chi connectivity index (χ3v) is 4.30. The smallest absolute Gasteiger partial charge is 0.265 e.